The average Bonchev–Trinajstić information content (AvgIpc) is 3.41. The van der Waals surface area contributed by atoms with Gasteiger partial charge in [0.2, 0.25) is 5.43 Å². The number of halogens is 1. The Labute approximate surface area is 235 Å². The van der Waals surface area contributed by atoms with Crippen LogP contribution in [-0.4, -0.2) is 36.2 Å². The fourth-order valence-corrected chi connectivity index (χ4v) is 5.98. The van der Waals surface area contributed by atoms with E-state index in [9.17, 15) is 9.59 Å². The van der Waals surface area contributed by atoms with Crippen LogP contribution in [0.4, 0.5) is 10.1 Å². The highest BCUT2D eigenvalue weighted by molar-refractivity contribution is 6.02. The number of nitrogens with zero attached hydrogens (tertiary/aromatic N) is 2. The number of rotatable bonds is 5. The predicted octanol–water partition coefficient (Wildman–Crippen LogP) is 5.46. The van der Waals surface area contributed by atoms with Crippen LogP contribution in [0.3, 0.4) is 0 Å². The van der Waals surface area contributed by atoms with E-state index in [4.69, 9.17) is 10.5 Å². The number of nitrogens with two attached hydrogens (primary N) is 1. The maximum atomic E-state index is 15.9. The summed E-state index contributed by atoms with van der Waals surface area (Å²) in [6.07, 6.45) is 2.29. The maximum absolute atomic E-state index is 15.9. The molecule has 8 heteroatoms. The molecule has 7 nitrogen and oxygen atoms in total. The normalized spacial score (nSPS) is 16.5. The molecular weight excluding hydrogens is 519 g/mol. The van der Waals surface area contributed by atoms with Crippen LogP contribution in [0.1, 0.15) is 35.2 Å². The van der Waals surface area contributed by atoms with E-state index in [1.165, 1.54) is 6.07 Å². The Hall–Kier alpha value is -4.69. The number of carbonyl (C=O) groups excluding carboxylic acids is 1. The molecule has 4 aromatic carbocycles. The number of hydrogen-bond acceptors (Lipinski definition) is 5. The van der Waals surface area contributed by atoms with Gasteiger partial charge < -0.3 is 25.3 Å². The zero-order valence-corrected chi connectivity index (χ0v) is 22.6. The smallest absolute Gasteiger partial charge is 0.256 e. The Bertz CT molecular complexity index is 1900. The quantitative estimate of drug-likeness (QED) is 0.299. The first-order valence-corrected chi connectivity index (χ1v) is 13.9. The van der Waals surface area contributed by atoms with Gasteiger partial charge in [-0.1, -0.05) is 61.5 Å². The molecule has 1 saturated heterocycles. The lowest BCUT2D eigenvalue weighted by atomic mass is 10.0. The SMILES string of the molecule is CC(CNC(=O)c1cn2c3c(c(N4CCC(N)C4)c(F)cc3c1=O)Oc1cc3ccccc3cc1-2)c1ccccc1. The van der Waals surface area contributed by atoms with Crippen LogP contribution < -0.4 is 26.1 Å². The minimum Gasteiger partial charge on any atom is -0.451 e. The van der Waals surface area contributed by atoms with Gasteiger partial charge in [-0.15, -0.1) is 0 Å². The van der Waals surface area contributed by atoms with Gasteiger partial charge >= 0.3 is 0 Å². The van der Waals surface area contributed by atoms with Gasteiger partial charge in [0.15, 0.2) is 17.3 Å². The Morgan fingerprint density at radius 2 is 1.83 bits per heavy atom. The number of nitrogens with one attached hydrogen (secondary N) is 1. The number of benzene rings is 4. The lowest BCUT2D eigenvalue weighted by molar-refractivity contribution is 0.0950. The van der Waals surface area contributed by atoms with Crippen LogP contribution >= 0.6 is 0 Å². The van der Waals surface area contributed by atoms with Gasteiger partial charge in [0.05, 0.1) is 11.1 Å². The molecule has 0 bridgehead atoms. The fourth-order valence-electron chi connectivity index (χ4n) is 5.98. The molecule has 1 aromatic heterocycles. The first kappa shape index (κ1) is 25.3. The van der Waals surface area contributed by atoms with Crippen molar-refractivity contribution >= 4 is 33.3 Å². The first-order chi connectivity index (χ1) is 19.9. The molecule has 0 radical (unpaired) electrons. The number of aromatic nitrogens is 1. The molecule has 0 aliphatic carbocycles. The van der Waals surface area contributed by atoms with E-state index in [1.54, 1.807) is 10.8 Å². The summed E-state index contributed by atoms with van der Waals surface area (Å²) in [4.78, 5) is 29.1. The Morgan fingerprint density at radius 1 is 1.10 bits per heavy atom. The molecule has 5 aromatic rings. The highest BCUT2D eigenvalue weighted by atomic mass is 19.1. The summed E-state index contributed by atoms with van der Waals surface area (Å²) in [6, 6.07) is 22.7. The van der Waals surface area contributed by atoms with Crippen molar-refractivity contribution in [2.75, 3.05) is 24.5 Å². The molecule has 2 aliphatic heterocycles. The van der Waals surface area contributed by atoms with E-state index in [0.717, 1.165) is 22.8 Å². The van der Waals surface area contributed by atoms with Crippen molar-refractivity contribution in [1.82, 2.24) is 9.88 Å². The van der Waals surface area contributed by atoms with E-state index in [2.05, 4.69) is 5.32 Å². The van der Waals surface area contributed by atoms with Crippen LogP contribution in [0, 0.1) is 5.82 Å². The van der Waals surface area contributed by atoms with Crippen LogP contribution in [-0.2, 0) is 0 Å². The van der Waals surface area contributed by atoms with E-state index in [-0.39, 0.29) is 34.3 Å². The lowest BCUT2D eigenvalue weighted by Gasteiger charge is -2.29. The molecule has 41 heavy (non-hydrogen) atoms. The van der Waals surface area contributed by atoms with E-state index < -0.39 is 17.2 Å². The van der Waals surface area contributed by atoms with Crippen molar-refractivity contribution in [2.24, 2.45) is 5.73 Å². The summed E-state index contributed by atoms with van der Waals surface area (Å²) in [5, 5.41) is 4.94. The van der Waals surface area contributed by atoms with E-state index in [1.807, 2.05) is 78.6 Å². The first-order valence-electron chi connectivity index (χ1n) is 13.9. The number of hydrogen-bond donors (Lipinski definition) is 2. The summed E-state index contributed by atoms with van der Waals surface area (Å²) >= 11 is 0. The third kappa shape index (κ3) is 4.22. The Kier molecular flexibility index (Phi) is 6.01. The topological polar surface area (TPSA) is 89.6 Å². The van der Waals surface area contributed by atoms with Crippen molar-refractivity contribution in [3.05, 3.63) is 106 Å². The fraction of sp³-hybridized carbons (Fsp3) is 0.212. The maximum Gasteiger partial charge on any atom is 0.256 e. The molecule has 2 aliphatic rings. The van der Waals surface area contributed by atoms with Crippen molar-refractivity contribution in [2.45, 2.75) is 25.3 Å². The zero-order chi connectivity index (χ0) is 28.2. The van der Waals surface area contributed by atoms with Crippen LogP contribution in [0.2, 0.25) is 0 Å². The number of carbonyl (C=O) groups is 1. The second-order valence-electron chi connectivity index (χ2n) is 11.0. The monoisotopic (exact) mass is 548 g/mol. The summed E-state index contributed by atoms with van der Waals surface area (Å²) in [5.74, 6) is -0.265. The average molecular weight is 549 g/mol. The van der Waals surface area contributed by atoms with Crippen molar-refractivity contribution in [3.8, 4) is 17.2 Å². The Balaban J connectivity index is 1.39. The number of fused-ring (bicyclic) bond motifs is 3. The molecular formula is C33H29FN4O3. The van der Waals surface area contributed by atoms with Gasteiger partial charge in [-0.25, -0.2) is 4.39 Å². The highest BCUT2D eigenvalue weighted by Gasteiger charge is 2.33. The minimum atomic E-state index is -0.579. The molecule has 1 fully saturated rings. The van der Waals surface area contributed by atoms with Gasteiger partial charge in [0.1, 0.15) is 16.8 Å². The Morgan fingerprint density at radius 3 is 2.56 bits per heavy atom. The number of amides is 1. The van der Waals surface area contributed by atoms with Gasteiger partial charge in [-0.2, -0.15) is 0 Å². The van der Waals surface area contributed by atoms with Gasteiger partial charge in [0, 0.05) is 31.9 Å². The van der Waals surface area contributed by atoms with E-state index in [0.29, 0.717) is 36.6 Å². The molecule has 206 valence electrons. The van der Waals surface area contributed by atoms with Crippen LogP contribution in [0.5, 0.6) is 11.5 Å². The zero-order valence-electron chi connectivity index (χ0n) is 22.6. The second-order valence-corrected chi connectivity index (χ2v) is 11.0. The van der Waals surface area contributed by atoms with Crippen molar-refractivity contribution in [1.29, 1.82) is 0 Å². The third-order valence-corrected chi connectivity index (χ3v) is 8.19. The minimum absolute atomic E-state index is 0.0423. The summed E-state index contributed by atoms with van der Waals surface area (Å²) in [5.41, 5.74) is 8.03. The molecule has 7 rings (SSSR count). The van der Waals surface area contributed by atoms with E-state index >= 15 is 4.39 Å². The van der Waals surface area contributed by atoms with Crippen LogP contribution in [0.25, 0.3) is 27.4 Å². The lowest BCUT2D eigenvalue weighted by Crippen LogP contribution is -2.33. The van der Waals surface area contributed by atoms with Gasteiger partial charge in [0.25, 0.3) is 5.91 Å². The van der Waals surface area contributed by atoms with Crippen molar-refractivity contribution < 1.29 is 13.9 Å². The molecule has 1 amide bonds. The molecule has 0 saturated carbocycles. The molecule has 3 heterocycles. The van der Waals surface area contributed by atoms with Crippen molar-refractivity contribution in [3.63, 3.8) is 0 Å². The van der Waals surface area contributed by atoms with Gasteiger partial charge in [-0.3, -0.25) is 9.59 Å². The second kappa shape index (κ2) is 9.74. The van der Waals surface area contributed by atoms with Gasteiger partial charge in [-0.05, 0) is 46.9 Å². The molecule has 2 unspecified atom stereocenters. The summed E-state index contributed by atoms with van der Waals surface area (Å²) < 4.78 is 24.1. The molecule has 0 spiro atoms. The standard InChI is InChI=1S/C33H29FN4O3/c1-19(20-7-3-2-4-8-20)16-36-33(40)25-18-38-27-13-21-9-5-6-10-22(21)14-28(27)41-32-29(38)24(31(25)39)15-26(34)30(32)37-12-11-23(35)17-37/h2-10,13-15,18-19,23H,11-12,16-17,35H2,1H3,(H,36,40). The largest absolute Gasteiger partial charge is 0.451 e. The predicted molar refractivity (Wildman–Crippen MR) is 159 cm³/mol. The number of ether oxygens (including phenoxy) is 1. The molecule has 2 atom stereocenters. The highest BCUT2D eigenvalue weighted by Crippen LogP contribution is 2.48. The summed E-state index contributed by atoms with van der Waals surface area (Å²) in [6.45, 7) is 3.42. The number of anilines is 1. The third-order valence-electron chi connectivity index (χ3n) is 8.19. The molecule has 3 N–H and O–H groups in total. The number of pyridine rings is 1. The summed E-state index contributed by atoms with van der Waals surface area (Å²) in [7, 11) is 0. The van der Waals surface area contributed by atoms with Crippen LogP contribution in [0.15, 0.2) is 83.8 Å².